The van der Waals surface area contributed by atoms with Gasteiger partial charge in [-0.2, -0.15) is 0 Å². The Bertz CT molecular complexity index is 779. The Morgan fingerprint density at radius 3 is 2.46 bits per heavy atom. The highest BCUT2D eigenvalue weighted by atomic mass is 16.5. The summed E-state index contributed by atoms with van der Waals surface area (Å²) in [5.74, 6) is -0.168. The quantitative estimate of drug-likeness (QED) is 0.499. The van der Waals surface area contributed by atoms with E-state index in [1.54, 1.807) is 42.5 Å². The van der Waals surface area contributed by atoms with E-state index in [2.05, 4.69) is 0 Å². The van der Waals surface area contributed by atoms with Gasteiger partial charge in [-0.3, -0.25) is 4.79 Å². The van der Waals surface area contributed by atoms with E-state index in [0.717, 1.165) is 0 Å². The number of aromatic hydroxyl groups is 1. The second-order valence-corrected chi connectivity index (χ2v) is 4.69. The van der Waals surface area contributed by atoms with Gasteiger partial charge >= 0.3 is 5.97 Å². The number of carbonyl (C=O) groups excluding carboxylic acids is 2. The van der Waals surface area contributed by atoms with E-state index in [4.69, 9.17) is 14.2 Å². The van der Waals surface area contributed by atoms with Crippen molar-refractivity contribution >= 4 is 24.6 Å². The van der Waals surface area contributed by atoms with Crippen LogP contribution in [0.15, 0.2) is 36.4 Å². The van der Waals surface area contributed by atoms with Gasteiger partial charge in [-0.25, -0.2) is 4.79 Å². The van der Waals surface area contributed by atoms with Crippen LogP contribution in [0.25, 0.3) is 12.2 Å². The summed E-state index contributed by atoms with van der Waals surface area (Å²) in [4.78, 5) is 22.5. The highest BCUT2D eigenvalue weighted by Crippen LogP contribution is 2.30. The van der Waals surface area contributed by atoms with Crippen LogP contribution in [0.1, 0.15) is 21.5 Å². The van der Waals surface area contributed by atoms with Crippen LogP contribution in [0.5, 0.6) is 17.2 Å². The van der Waals surface area contributed by atoms with Gasteiger partial charge in [0, 0.05) is 11.6 Å². The molecule has 0 amide bonds. The van der Waals surface area contributed by atoms with Gasteiger partial charge in [-0.15, -0.1) is 0 Å². The van der Waals surface area contributed by atoms with E-state index >= 15 is 0 Å². The van der Waals surface area contributed by atoms with Gasteiger partial charge in [0.15, 0.2) is 0 Å². The van der Waals surface area contributed by atoms with E-state index in [9.17, 15) is 14.7 Å². The van der Waals surface area contributed by atoms with Gasteiger partial charge in [-0.05, 0) is 17.7 Å². The lowest BCUT2D eigenvalue weighted by Gasteiger charge is -2.10. The summed E-state index contributed by atoms with van der Waals surface area (Å²) in [5.41, 5.74) is 1.05. The van der Waals surface area contributed by atoms with Gasteiger partial charge in [0.05, 0.1) is 14.2 Å². The number of hydrogen-bond acceptors (Lipinski definition) is 6. The van der Waals surface area contributed by atoms with Crippen molar-refractivity contribution in [1.29, 1.82) is 0 Å². The lowest BCUT2D eigenvalue weighted by molar-refractivity contribution is -0.120. The maximum absolute atomic E-state index is 11.9. The molecular formula is C18H16O6. The number of carbonyl (C=O) groups is 2. The van der Waals surface area contributed by atoms with Crippen molar-refractivity contribution < 1.29 is 28.9 Å². The number of phenolic OH excluding ortho intramolecular Hbond substituents is 1. The van der Waals surface area contributed by atoms with Crippen molar-refractivity contribution in [1.82, 2.24) is 0 Å². The first-order chi connectivity index (χ1) is 11.6. The smallest absolute Gasteiger partial charge is 0.342 e. The first-order valence-corrected chi connectivity index (χ1v) is 6.97. The molecule has 0 radical (unpaired) electrons. The van der Waals surface area contributed by atoms with Gasteiger partial charge in [0.1, 0.15) is 22.8 Å². The normalized spacial score (nSPS) is 10.4. The molecule has 0 fully saturated rings. The zero-order valence-corrected chi connectivity index (χ0v) is 13.2. The molecule has 24 heavy (non-hydrogen) atoms. The minimum Gasteiger partial charge on any atom is -0.507 e. The summed E-state index contributed by atoms with van der Waals surface area (Å²) < 4.78 is 14.7. The molecule has 0 unspecified atom stereocenters. The largest absolute Gasteiger partial charge is 0.507 e. The highest BCUT2D eigenvalue weighted by molar-refractivity contribution is 5.98. The molecule has 0 aliphatic heterocycles. The molecular weight excluding hydrogens is 312 g/mol. The van der Waals surface area contributed by atoms with E-state index < -0.39 is 5.97 Å². The van der Waals surface area contributed by atoms with Crippen LogP contribution in [0.3, 0.4) is 0 Å². The summed E-state index contributed by atoms with van der Waals surface area (Å²) in [6.45, 7) is 0.337. The molecule has 0 aromatic heterocycles. The molecule has 0 spiro atoms. The summed E-state index contributed by atoms with van der Waals surface area (Å²) in [7, 11) is 2.68. The average Bonchev–Trinajstić information content (AvgIpc) is 2.60. The average molecular weight is 328 g/mol. The topological polar surface area (TPSA) is 82.1 Å². The molecule has 2 rings (SSSR count). The van der Waals surface area contributed by atoms with E-state index in [1.165, 1.54) is 20.3 Å². The van der Waals surface area contributed by atoms with Gasteiger partial charge in [-0.1, -0.05) is 30.4 Å². The molecule has 1 N–H and O–H groups in total. The van der Waals surface area contributed by atoms with Crippen LogP contribution in [-0.4, -0.2) is 31.8 Å². The molecule has 0 heterocycles. The zero-order valence-electron chi connectivity index (χ0n) is 13.2. The third kappa shape index (κ3) is 3.73. The Hall–Kier alpha value is -3.28. The third-order valence-corrected chi connectivity index (χ3v) is 3.28. The molecule has 0 aliphatic rings. The number of phenols is 1. The Balaban J connectivity index is 2.50. The van der Waals surface area contributed by atoms with Crippen LogP contribution in [-0.2, 0) is 9.53 Å². The molecule has 2 aromatic rings. The molecule has 0 saturated carbocycles. The fraction of sp³-hybridized carbons (Fsp3) is 0.111. The number of methoxy groups -OCH3 is 2. The van der Waals surface area contributed by atoms with Crippen molar-refractivity contribution in [3.05, 3.63) is 53.1 Å². The number of rotatable bonds is 6. The van der Waals surface area contributed by atoms with Crippen molar-refractivity contribution in [3.63, 3.8) is 0 Å². The monoisotopic (exact) mass is 328 g/mol. The lowest BCUT2D eigenvalue weighted by atomic mass is 10.0. The second kappa shape index (κ2) is 7.82. The molecule has 0 aliphatic carbocycles. The number of benzene rings is 2. The maximum Gasteiger partial charge on any atom is 0.342 e. The predicted octanol–water partition coefficient (Wildman–Crippen LogP) is 2.89. The van der Waals surface area contributed by atoms with Crippen molar-refractivity contribution in [2.24, 2.45) is 0 Å². The summed E-state index contributed by atoms with van der Waals surface area (Å²) >= 11 is 0. The van der Waals surface area contributed by atoms with E-state index in [0.29, 0.717) is 29.1 Å². The summed E-state index contributed by atoms with van der Waals surface area (Å²) in [6.07, 6.45) is 3.25. The van der Waals surface area contributed by atoms with Gasteiger partial charge in [0.2, 0.25) is 0 Å². The third-order valence-electron chi connectivity index (χ3n) is 3.28. The standard InChI is InChI=1S/C18H16O6/c1-22-14-9-13(17(15(20)10-14)18(21)23-2)8-7-12-5-3-4-6-16(12)24-11-19/h3-11,20H,1-2H3/b8-7+. The predicted molar refractivity (Wildman–Crippen MR) is 88.1 cm³/mol. The SMILES string of the molecule is COC(=O)c1c(O)cc(OC)cc1/C=C/c1ccccc1OC=O. The van der Waals surface area contributed by atoms with Gasteiger partial charge in [0.25, 0.3) is 6.47 Å². The molecule has 0 saturated heterocycles. The number of hydrogen-bond donors (Lipinski definition) is 1. The van der Waals surface area contributed by atoms with Crippen molar-refractivity contribution in [2.45, 2.75) is 0 Å². The van der Waals surface area contributed by atoms with Crippen LogP contribution in [0, 0.1) is 0 Å². The maximum atomic E-state index is 11.9. The number of para-hydroxylation sites is 1. The molecule has 6 nitrogen and oxygen atoms in total. The first-order valence-electron chi connectivity index (χ1n) is 6.97. The second-order valence-electron chi connectivity index (χ2n) is 4.69. The fourth-order valence-corrected chi connectivity index (χ4v) is 2.15. The molecule has 2 aromatic carbocycles. The summed E-state index contributed by atoms with van der Waals surface area (Å²) in [5, 5.41) is 10.1. The number of ether oxygens (including phenoxy) is 3. The van der Waals surface area contributed by atoms with Gasteiger partial charge < -0.3 is 19.3 Å². The minimum atomic E-state index is -0.674. The molecule has 124 valence electrons. The first kappa shape index (κ1) is 17.1. The lowest BCUT2D eigenvalue weighted by Crippen LogP contribution is -2.04. The fourth-order valence-electron chi connectivity index (χ4n) is 2.15. The Morgan fingerprint density at radius 1 is 1.08 bits per heavy atom. The van der Waals surface area contributed by atoms with Crippen molar-refractivity contribution in [3.8, 4) is 17.2 Å². The highest BCUT2D eigenvalue weighted by Gasteiger charge is 2.17. The van der Waals surface area contributed by atoms with Crippen molar-refractivity contribution in [2.75, 3.05) is 14.2 Å². The molecule has 6 heteroatoms. The molecule has 0 bridgehead atoms. The number of esters is 1. The molecule has 0 atom stereocenters. The Morgan fingerprint density at radius 2 is 1.79 bits per heavy atom. The van der Waals surface area contributed by atoms with Crippen LogP contribution in [0.2, 0.25) is 0 Å². The van der Waals surface area contributed by atoms with Crippen LogP contribution >= 0.6 is 0 Å². The Kier molecular flexibility index (Phi) is 5.57. The summed E-state index contributed by atoms with van der Waals surface area (Å²) in [6, 6.07) is 9.80. The Labute approximate surface area is 138 Å². The van der Waals surface area contributed by atoms with Crippen LogP contribution < -0.4 is 9.47 Å². The van der Waals surface area contributed by atoms with Crippen LogP contribution in [0.4, 0.5) is 0 Å². The van der Waals surface area contributed by atoms with E-state index in [1.807, 2.05) is 0 Å². The minimum absolute atomic E-state index is 0.0170. The zero-order chi connectivity index (χ0) is 17.5. The van der Waals surface area contributed by atoms with E-state index in [-0.39, 0.29) is 11.3 Å².